The number of rotatable bonds is 1. The predicted octanol–water partition coefficient (Wildman–Crippen LogP) is 4.35. The Hall–Kier alpha value is 0. The summed E-state index contributed by atoms with van der Waals surface area (Å²) in [6, 6.07) is 0. The van der Waals surface area contributed by atoms with Gasteiger partial charge in [0.15, 0.2) is 0 Å². The summed E-state index contributed by atoms with van der Waals surface area (Å²) in [5.74, 6) is 12.4. The Morgan fingerprint density at radius 1 is 0.579 bits per heavy atom. The first kappa shape index (κ1) is 9.85. The molecule has 0 aromatic carbocycles. The van der Waals surface area contributed by atoms with Crippen molar-refractivity contribution in [1.29, 1.82) is 0 Å². The summed E-state index contributed by atoms with van der Waals surface area (Å²) in [6.45, 7) is 0. The van der Waals surface area contributed by atoms with Crippen molar-refractivity contribution in [2.75, 3.05) is 0 Å². The van der Waals surface area contributed by atoms with Gasteiger partial charge in [-0.25, -0.2) is 0 Å². The normalized spacial score (nSPS) is 77.1. The van der Waals surface area contributed by atoms with E-state index in [-0.39, 0.29) is 0 Å². The van der Waals surface area contributed by atoms with Gasteiger partial charge in [-0.05, 0) is 116 Å². The highest BCUT2D eigenvalue weighted by molar-refractivity contribution is 5.25. The van der Waals surface area contributed by atoms with Crippen LogP contribution < -0.4 is 0 Å². The predicted molar refractivity (Wildman–Crippen MR) is 74.3 cm³/mol. The standard InChI is InChI=1S/C19H26/c1-2-11-16-10(1)13-8-15(17(13)18(11)16)19-5-3-9-7-12(9)14(19)4-6-19/h9-18H,1-8H2. The zero-order valence-corrected chi connectivity index (χ0v) is 11.9. The van der Waals surface area contributed by atoms with Crippen LogP contribution in [0.1, 0.15) is 51.4 Å². The molecule has 7 aliphatic rings. The summed E-state index contributed by atoms with van der Waals surface area (Å²) in [5.41, 5.74) is 0.926. The third-order valence-electron chi connectivity index (χ3n) is 9.97. The lowest BCUT2D eigenvalue weighted by atomic mass is 9.40. The highest BCUT2D eigenvalue weighted by Crippen LogP contribution is 2.83. The molecule has 7 saturated carbocycles. The first-order valence-electron chi connectivity index (χ1n) is 9.38. The molecular formula is C19H26. The molecule has 0 saturated heterocycles. The lowest BCUT2D eigenvalue weighted by molar-refractivity contribution is -0.157. The van der Waals surface area contributed by atoms with Crippen molar-refractivity contribution >= 4 is 0 Å². The van der Waals surface area contributed by atoms with Crippen LogP contribution in [-0.4, -0.2) is 0 Å². The minimum absolute atomic E-state index is 0.926. The van der Waals surface area contributed by atoms with E-state index in [9.17, 15) is 0 Å². The van der Waals surface area contributed by atoms with E-state index in [1.807, 2.05) is 0 Å². The van der Waals surface area contributed by atoms with E-state index in [0.29, 0.717) is 0 Å². The largest absolute Gasteiger partial charge is 0.0496 e. The second kappa shape index (κ2) is 2.69. The Balaban J connectivity index is 1.25. The molecule has 0 radical (unpaired) electrons. The monoisotopic (exact) mass is 254 g/mol. The summed E-state index contributed by atoms with van der Waals surface area (Å²) in [6.07, 6.45) is 13.2. The minimum Gasteiger partial charge on any atom is -0.0496 e. The summed E-state index contributed by atoms with van der Waals surface area (Å²) >= 11 is 0. The van der Waals surface area contributed by atoms with E-state index >= 15 is 0 Å². The molecule has 0 amide bonds. The zero-order chi connectivity index (χ0) is 11.9. The fourth-order valence-corrected chi connectivity index (χ4v) is 9.21. The van der Waals surface area contributed by atoms with Gasteiger partial charge in [0.1, 0.15) is 0 Å². The Labute approximate surface area is 116 Å². The third kappa shape index (κ3) is 0.865. The quantitative estimate of drug-likeness (QED) is 0.652. The van der Waals surface area contributed by atoms with E-state index < -0.39 is 0 Å². The highest BCUT2D eigenvalue weighted by atomic mass is 14.8. The van der Waals surface area contributed by atoms with Gasteiger partial charge in [0.25, 0.3) is 0 Å². The molecule has 11 unspecified atom stereocenters. The fourth-order valence-electron chi connectivity index (χ4n) is 9.21. The molecule has 0 aromatic heterocycles. The molecule has 19 heavy (non-hydrogen) atoms. The number of fused-ring (bicyclic) bond motifs is 7. The van der Waals surface area contributed by atoms with Crippen molar-refractivity contribution in [1.82, 2.24) is 0 Å². The van der Waals surface area contributed by atoms with E-state index in [0.717, 1.165) is 5.41 Å². The van der Waals surface area contributed by atoms with Gasteiger partial charge in [0, 0.05) is 0 Å². The summed E-state index contributed by atoms with van der Waals surface area (Å²) < 4.78 is 0. The molecule has 0 spiro atoms. The molecule has 7 aliphatic carbocycles. The molecule has 0 heteroatoms. The summed E-state index contributed by atoms with van der Waals surface area (Å²) in [4.78, 5) is 0. The molecular weight excluding hydrogens is 228 g/mol. The van der Waals surface area contributed by atoms with Crippen molar-refractivity contribution < 1.29 is 0 Å². The zero-order valence-electron chi connectivity index (χ0n) is 11.9. The van der Waals surface area contributed by atoms with Gasteiger partial charge < -0.3 is 0 Å². The Morgan fingerprint density at radius 3 is 2.37 bits per heavy atom. The van der Waals surface area contributed by atoms with Crippen molar-refractivity contribution in [3.8, 4) is 0 Å². The Bertz CT molecular complexity index is 478. The lowest BCUT2D eigenvalue weighted by Crippen LogP contribution is -2.57. The van der Waals surface area contributed by atoms with Crippen LogP contribution in [0.2, 0.25) is 0 Å². The molecule has 7 fully saturated rings. The van der Waals surface area contributed by atoms with Gasteiger partial charge in [-0.3, -0.25) is 0 Å². The maximum atomic E-state index is 1.70. The van der Waals surface area contributed by atoms with Gasteiger partial charge >= 0.3 is 0 Å². The number of hydrogen-bond donors (Lipinski definition) is 0. The maximum absolute atomic E-state index is 1.70. The van der Waals surface area contributed by atoms with Crippen molar-refractivity contribution in [2.45, 2.75) is 51.4 Å². The molecule has 0 N–H and O–H groups in total. The van der Waals surface area contributed by atoms with Gasteiger partial charge in [-0.1, -0.05) is 0 Å². The van der Waals surface area contributed by atoms with Crippen molar-refractivity contribution in [3.63, 3.8) is 0 Å². The fraction of sp³-hybridized carbons (Fsp3) is 1.00. The van der Waals surface area contributed by atoms with Crippen LogP contribution in [0.3, 0.4) is 0 Å². The van der Waals surface area contributed by atoms with Gasteiger partial charge in [-0.2, -0.15) is 0 Å². The van der Waals surface area contributed by atoms with Crippen LogP contribution in [0, 0.1) is 64.6 Å². The first-order chi connectivity index (χ1) is 9.38. The second-order valence-corrected chi connectivity index (χ2v) is 9.72. The van der Waals surface area contributed by atoms with Crippen LogP contribution >= 0.6 is 0 Å². The SMILES string of the molecule is C1CC2(C3CC4C5CCC6C5C6C43)CCC2C2CC12. The topological polar surface area (TPSA) is 0 Å². The number of hydrogen-bond acceptors (Lipinski definition) is 0. The molecule has 7 rings (SSSR count). The minimum atomic E-state index is 0.926. The average Bonchev–Trinajstić information content (AvgIpc) is 3.17. The van der Waals surface area contributed by atoms with E-state index in [1.54, 1.807) is 51.4 Å². The second-order valence-electron chi connectivity index (χ2n) is 9.72. The molecule has 0 heterocycles. The lowest BCUT2D eigenvalue weighted by Gasteiger charge is -2.64. The van der Waals surface area contributed by atoms with E-state index in [1.165, 1.54) is 59.2 Å². The van der Waals surface area contributed by atoms with Crippen LogP contribution in [0.25, 0.3) is 0 Å². The highest BCUT2D eigenvalue weighted by Gasteiger charge is 2.77. The van der Waals surface area contributed by atoms with Crippen molar-refractivity contribution in [2.24, 2.45) is 64.6 Å². The van der Waals surface area contributed by atoms with E-state index in [4.69, 9.17) is 0 Å². The maximum Gasteiger partial charge on any atom is -0.0235 e. The van der Waals surface area contributed by atoms with Crippen LogP contribution in [-0.2, 0) is 0 Å². The molecule has 11 atom stereocenters. The van der Waals surface area contributed by atoms with Crippen LogP contribution in [0.4, 0.5) is 0 Å². The first-order valence-corrected chi connectivity index (χ1v) is 9.38. The van der Waals surface area contributed by atoms with Crippen molar-refractivity contribution in [3.05, 3.63) is 0 Å². The third-order valence-corrected chi connectivity index (χ3v) is 9.97. The Morgan fingerprint density at radius 2 is 1.47 bits per heavy atom. The Kier molecular flexibility index (Phi) is 1.39. The molecule has 0 aromatic rings. The van der Waals surface area contributed by atoms with Crippen LogP contribution in [0.5, 0.6) is 0 Å². The molecule has 0 bridgehead atoms. The van der Waals surface area contributed by atoms with Crippen LogP contribution in [0.15, 0.2) is 0 Å². The summed E-state index contributed by atoms with van der Waals surface area (Å²) in [7, 11) is 0. The average molecular weight is 254 g/mol. The van der Waals surface area contributed by atoms with Gasteiger partial charge in [0.2, 0.25) is 0 Å². The van der Waals surface area contributed by atoms with Gasteiger partial charge in [-0.15, -0.1) is 0 Å². The molecule has 0 nitrogen and oxygen atoms in total. The van der Waals surface area contributed by atoms with Gasteiger partial charge in [0.05, 0.1) is 0 Å². The summed E-state index contributed by atoms with van der Waals surface area (Å²) in [5, 5.41) is 0. The van der Waals surface area contributed by atoms with E-state index in [2.05, 4.69) is 0 Å². The smallest absolute Gasteiger partial charge is 0.0235 e. The molecule has 0 aliphatic heterocycles. The molecule has 102 valence electrons.